The molecule has 6 heteroatoms. The number of phenolic OH excluding ortho intramolecular Hbond substituents is 1. The Labute approximate surface area is 136 Å². The molecular formula is C15H12Cl2O3S. The lowest BCUT2D eigenvalue weighted by atomic mass is 10.2. The fourth-order valence-corrected chi connectivity index (χ4v) is 2.60. The maximum Gasteiger partial charge on any atom is 0.341 e. The highest BCUT2D eigenvalue weighted by Crippen LogP contribution is 2.23. The molecule has 0 heterocycles. The number of carbonyl (C=O) groups excluding carboxylic acids is 1. The molecule has 0 spiro atoms. The fourth-order valence-electron chi connectivity index (χ4n) is 1.58. The highest BCUT2D eigenvalue weighted by Gasteiger charge is 2.12. The second kappa shape index (κ2) is 7.59. The number of aromatic hydroxyl groups is 1. The Morgan fingerprint density at radius 2 is 1.76 bits per heavy atom. The molecule has 0 saturated heterocycles. The Balaban J connectivity index is 1.80. The number of halogens is 2. The second-order valence-electron chi connectivity index (χ2n) is 4.10. The van der Waals surface area contributed by atoms with Crippen LogP contribution in [0.3, 0.4) is 0 Å². The van der Waals surface area contributed by atoms with E-state index in [1.165, 1.54) is 18.2 Å². The van der Waals surface area contributed by atoms with Crippen LogP contribution in [0.15, 0.2) is 47.4 Å². The van der Waals surface area contributed by atoms with E-state index in [1.54, 1.807) is 11.8 Å². The normalized spacial score (nSPS) is 10.4. The number of rotatable bonds is 5. The Bertz CT molecular complexity index is 629. The summed E-state index contributed by atoms with van der Waals surface area (Å²) in [4.78, 5) is 12.8. The van der Waals surface area contributed by atoms with Crippen LogP contribution in [-0.4, -0.2) is 23.4 Å². The summed E-state index contributed by atoms with van der Waals surface area (Å²) in [7, 11) is 0. The van der Waals surface area contributed by atoms with Gasteiger partial charge >= 0.3 is 5.97 Å². The van der Waals surface area contributed by atoms with Crippen molar-refractivity contribution in [3.8, 4) is 5.75 Å². The minimum absolute atomic E-state index is 0.107. The maximum absolute atomic E-state index is 11.8. The van der Waals surface area contributed by atoms with Crippen molar-refractivity contribution in [2.45, 2.75) is 4.90 Å². The van der Waals surface area contributed by atoms with Crippen LogP contribution in [0.4, 0.5) is 0 Å². The third-order valence-electron chi connectivity index (χ3n) is 2.58. The van der Waals surface area contributed by atoms with Gasteiger partial charge in [-0.3, -0.25) is 0 Å². The molecular weight excluding hydrogens is 331 g/mol. The minimum Gasteiger partial charge on any atom is -0.507 e. The van der Waals surface area contributed by atoms with Gasteiger partial charge in [0.25, 0.3) is 0 Å². The van der Waals surface area contributed by atoms with Gasteiger partial charge in [0.1, 0.15) is 17.9 Å². The number of esters is 1. The van der Waals surface area contributed by atoms with Gasteiger partial charge in [0, 0.05) is 20.7 Å². The van der Waals surface area contributed by atoms with Crippen molar-refractivity contribution in [2.24, 2.45) is 0 Å². The molecule has 0 atom stereocenters. The zero-order valence-electron chi connectivity index (χ0n) is 10.9. The molecule has 0 saturated carbocycles. The predicted molar refractivity (Wildman–Crippen MR) is 85.6 cm³/mol. The first-order chi connectivity index (χ1) is 10.1. The molecule has 0 aliphatic carbocycles. The topological polar surface area (TPSA) is 46.5 Å². The van der Waals surface area contributed by atoms with Crippen molar-refractivity contribution < 1.29 is 14.6 Å². The number of hydrogen-bond donors (Lipinski definition) is 1. The summed E-state index contributed by atoms with van der Waals surface area (Å²) < 4.78 is 5.11. The van der Waals surface area contributed by atoms with E-state index in [9.17, 15) is 9.90 Å². The summed E-state index contributed by atoms with van der Waals surface area (Å²) >= 11 is 13.1. The van der Waals surface area contributed by atoms with E-state index >= 15 is 0 Å². The highest BCUT2D eigenvalue weighted by molar-refractivity contribution is 7.99. The van der Waals surface area contributed by atoms with Crippen LogP contribution in [0.25, 0.3) is 0 Å². The van der Waals surface area contributed by atoms with E-state index in [1.807, 2.05) is 24.3 Å². The SMILES string of the molecule is O=C(OCCSc1ccc(Cl)cc1)c1ccc(Cl)cc1O. The van der Waals surface area contributed by atoms with Crippen LogP contribution in [0.2, 0.25) is 10.0 Å². The largest absolute Gasteiger partial charge is 0.507 e. The van der Waals surface area contributed by atoms with Crippen LogP contribution in [0.5, 0.6) is 5.75 Å². The van der Waals surface area contributed by atoms with Crippen LogP contribution >= 0.6 is 35.0 Å². The molecule has 0 radical (unpaired) electrons. The van der Waals surface area contributed by atoms with Crippen molar-refractivity contribution in [3.63, 3.8) is 0 Å². The van der Waals surface area contributed by atoms with Crippen molar-refractivity contribution in [1.82, 2.24) is 0 Å². The molecule has 21 heavy (non-hydrogen) atoms. The van der Waals surface area contributed by atoms with Gasteiger partial charge in [-0.1, -0.05) is 23.2 Å². The van der Waals surface area contributed by atoms with Gasteiger partial charge in [0.2, 0.25) is 0 Å². The molecule has 0 amide bonds. The summed E-state index contributed by atoms with van der Waals surface area (Å²) in [6.45, 7) is 0.244. The number of thioether (sulfide) groups is 1. The van der Waals surface area contributed by atoms with Gasteiger partial charge in [-0.05, 0) is 42.5 Å². The molecule has 0 aromatic heterocycles. The Hall–Kier alpha value is -1.36. The molecule has 2 rings (SSSR count). The van der Waals surface area contributed by atoms with Gasteiger partial charge in [0.15, 0.2) is 0 Å². The molecule has 110 valence electrons. The van der Waals surface area contributed by atoms with Crippen LogP contribution in [0, 0.1) is 0 Å². The van der Waals surface area contributed by atoms with E-state index in [-0.39, 0.29) is 17.9 Å². The quantitative estimate of drug-likeness (QED) is 0.488. The monoisotopic (exact) mass is 342 g/mol. The summed E-state index contributed by atoms with van der Waals surface area (Å²) in [6.07, 6.45) is 0. The zero-order valence-corrected chi connectivity index (χ0v) is 13.2. The summed E-state index contributed by atoms with van der Waals surface area (Å²) in [6, 6.07) is 11.7. The fraction of sp³-hybridized carbons (Fsp3) is 0.133. The number of benzene rings is 2. The molecule has 1 N–H and O–H groups in total. The number of phenols is 1. The Morgan fingerprint density at radius 3 is 2.43 bits per heavy atom. The molecule has 2 aromatic rings. The van der Waals surface area contributed by atoms with Crippen molar-refractivity contribution in [2.75, 3.05) is 12.4 Å². The summed E-state index contributed by atoms with van der Waals surface area (Å²) in [5.74, 6) is -0.138. The van der Waals surface area contributed by atoms with Gasteiger partial charge in [-0.15, -0.1) is 11.8 Å². The average Bonchev–Trinajstić information content (AvgIpc) is 2.45. The average molecular weight is 343 g/mol. The molecule has 3 nitrogen and oxygen atoms in total. The third-order valence-corrected chi connectivity index (χ3v) is 4.04. The summed E-state index contributed by atoms with van der Waals surface area (Å²) in [5, 5.41) is 10.7. The first-order valence-electron chi connectivity index (χ1n) is 6.10. The molecule has 2 aromatic carbocycles. The first kappa shape index (κ1) is 16.0. The molecule has 0 unspecified atom stereocenters. The first-order valence-corrected chi connectivity index (χ1v) is 7.84. The van der Waals surface area contributed by atoms with Crippen LogP contribution in [-0.2, 0) is 4.74 Å². The van der Waals surface area contributed by atoms with Crippen LogP contribution in [0.1, 0.15) is 10.4 Å². The van der Waals surface area contributed by atoms with Crippen molar-refractivity contribution >= 4 is 40.9 Å². The van der Waals surface area contributed by atoms with Gasteiger partial charge in [-0.2, -0.15) is 0 Å². The molecule has 0 aliphatic heterocycles. The van der Waals surface area contributed by atoms with E-state index in [0.29, 0.717) is 15.8 Å². The molecule has 0 fully saturated rings. The van der Waals surface area contributed by atoms with Crippen LogP contribution < -0.4 is 0 Å². The molecule has 0 bridgehead atoms. The van der Waals surface area contributed by atoms with Crippen molar-refractivity contribution in [3.05, 3.63) is 58.1 Å². The minimum atomic E-state index is -0.569. The second-order valence-corrected chi connectivity index (χ2v) is 6.14. The lowest BCUT2D eigenvalue weighted by molar-refractivity contribution is 0.0527. The van der Waals surface area contributed by atoms with Gasteiger partial charge in [-0.25, -0.2) is 4.79 Å². The third kappa shape index (κ3) is 4.84. The maximum atomic E-state index is 11.8. The Kier molecular flexibility index (Phi) is 5.79. The number of hydrogen-bond acceptors (Lipinski definition) is 4. The number of ether oxygens (including phenoxy) is 1. The lowest BCUT2D eigenvalue weighted by Gasteiger charge is -2.06. The van der Waals surface area contributed by atoms with Gasteiger partial charge < -0.3 is 9.84 Å². The van der Waals surface area contributed by atoms with Crippen molar-refractivity contribution in [1.29, 1.82) is 0 Å². The van der Waals surface area contributed by atoms with E-state index in [0.717, 1.165) is 4.90 Å². The standard InChI is InChI=1S/C15H12Cl2O3S/c16-10-1-4-12(5-2-10)21-8-7-20-15(19)13-6-3-11(17)9-14(13)18/h1-6,9,18H,7-8H2. The molecule has 0 aliphatic rings. The zero-order chi connectivity index (χ0) is 15.2. The van der Waals surface area contributed by atoms with E-state index in [4.69, 9.17) is 27.9 Å². The Morgan fingerprint density at radius 1 is 1.10 bits per heavy atom. The van der Waals surface area contributed by atoms with E-state index in [2.05, 4.69) is 0 Å². The smallest absolute Gasteiger partial charge is 0.341 e. The number of carbonyl (C=O) groups is 1. The highest BCUT2D eigenvalue weighted by atomic mass is 35.5. The summed E-state index contributed by atoms with van der Waals surface area (Å²) in [5.41, 5.74) is 0.107. The predicted octanol–water partition coefficient (Wildman–Crippen LogP) is 4.65. The van der Waals surface area contributed by atoms with E-state index < -0.39 is 5.97 Å². The van der Waals surface area contributed by atoms with Gasteiger partial charge in [0.05, 0.1) is 0 Å². The lowest BCUT2D eigenvalue weighted by Crippen LogP contribution is -2.08.